The summed E-state index contributed by atoms with van der Waals surface area (Å²) in [5, 5.41) is 2.77. The van der Waals surface area contributed by atoms with Gasteiger partial charge in [0.25, 0.3) is 5.91 Å². The number of rotatable bonds is 5. The number of hydrogen-bond donors (Lipinski definition) is 2. The molecule has 0 fully saturated rings. The summed E-state index contributed by atoms with van der Waals surface area (Å²) in [6.45, 7) is 1.19. The van der Waals surface area contributed by atoms with Crippen LogP contribution in [0.5, 0.6) is 0 Å². The number of hydrogen-bond acceptors (Lipinski definition) is 4. The van der Waals surface area contributed by atoms with Gasteiger partial charge in [-0.3, -0.25) is 4.79 Å². The van der Waals surface area contributed by atoms with Crippen LogP contribution in [0.1, 0.15) is 10.5 Å². The lowest BCUT2D eigenvalue weighted by atomic mass is 10.3. The van der Waals surface area contributed by atoms with Crippen LogP contribution in [-0.2, 0) is 11.3 Å². The highest BCUT2D eigenvalue weighted by Gasteiger charge is 2.10. The van der Waals surface area contributed by atoms with Crippen LogP contribution in [0.2, 0.25) is 0 Å². The van der Waals surface area contributed by atoms with E-state index in [1.54, 1.807) is 25.3 Å². The van der Waals surface area contributed by atoms with Crippen LogP contribution in [0.4, 0.5) is 11.5 Å². The number of ether oxygens (including phenoxy) is 1. The predicted octanol–water partition coefficient (Wildman–Crippen LogP) is 1.36. The molecular formula is C13H16N4O2. The number of anilines is 2. The summed E-state index contributed by atoms with van der Waals surface area (Å²) in [6, 6.07) is 6.93. The van der Waals surface area contributed by atoms with Crippen molar-refractivity contribution >= 4 is 17.4 Å². The second kappa shape index (κ2) is 6.01. The average Bonchev–Trinajstić information content (AvgIpc) is 2.87. The molecule has 0 unspecified atom stereocenters. The Hall–Kier alpha value is -2.34. The molecule has 2 heterocycles. The number of amides is 1. The topological polar surface area (TPSA) is 82.2 Å². The second-order valence-electron chi connectivity index (χ2n) is 4.01. The van der Waals surface area contributed by atoms with Crippen LogP contribution in [0.15, 0.2) is 36.7 Å². The summed E-state index contributed by atoms with van der Waals surface area (Å²) >= 11 is 0. The molecule has 3 N–H and O–H groups in total. The first-order chi connectivity index (χ1) is 9.20. The first-order valence-electron chi connectivity index (χ1n) is 5.87. The monoisotopic (exact) mass is 260 g/mol. The summed E-state index contributed by atoms with van der Waals surface area (Å²) in [5.74, 6) is 0.231. The molecule has 0 spiro atoms. The van der Waals surface area contributed by atoms with E-state index in [2.05, 4.69) is 10.3 Å². The minimum absolute atomic E-state index is 0.187. The molecule has 0 saturated carbocycles. The van der Waals surface area contributed by atoms with E-state index >= 15 is 0 Å². The van der Waals surface area contributed by atoms with E-state index in [-0.39, 0.29) is 5.91 Å². The molecule has 6 nitrogen and oxygen atoms in total. The van der Waals surface area contributed by atoms with Gasteiger partial charge in [0, 0.05) is 19.9 Å². The number of nitrogens with one attached hydrogen (secondary N) is 1. The third-order valence-electron chi connectivity index (χ3n) is 2.64. The molecule has 0 aliphatic rings. The fourth-order valence-corrected chi connectivity index (χ4v) is 1.68. The quantitative estimate of drug-likeness (QED) is 0.850. The zero-order chi connectivity index (χ0) is 13.7. The lowest BCUT2D eigenvalue weighted by Gasteiger charge is -2.09. The Bertz CT molecular complexity index is 548. The van der Waals surface area contributed by atoms with E-state index in [1.807, 2.05) is 16.8 Å². The number of carbonyl (C=O) groups is 1. The number of nitrogens with zero attached hydrogens (tertiary/aromatic N) is 2. The molecule has 2 aromatic rings. The van der Waals surface area contributed by atoms with Crippen molar-refractivity contribution in [2.75, 3.05) is 24.8 Å². The van der Waals surface area contributed by atoms with Crippen LogP contribution in [0, 0.1) is 0 Å². The summed E-state index contributed by atoms with van der Waals surface area (Å²) in [6.07, 6.45) is 3.37. The van der Waals surface area contributed by atoms with Crippen LogP contribution >= 0.6 is 0 Å². The van der Waals surface area contributed by atoms with Crippen molar-refractivity contribution in [1.29, 1.82) is 0 Å². The summed E-state index contributed by atoms with van der Waals surface area (Å²) in [5.41, 5.74) is 6.68. The molecule has 0 radical (unpaired) electrons. The standard InChI is InChI=1S/C13H16N4O2/c1-19-8-7-17-6-2-3-11(17)13(18)16-10-4-5-12(14)15-9-10/h2-6,9H,7-8H2,1H3,(H2,14,15)(H,16,18). The van der Waals surface area contributed by atoms with Crippen molar-refractivity contribution in [2.24, 2.45) is 0 Å². The summed E-state index contributed by atoms with van der Waals surface area (Å²) in [4.78, 5) is 16.0. The van der Waals surface area contributed by atoms with Gasteiger partial charge in [-0.05, 0) is 24.3 Å². The maximum atomic E-state index is 12.1. The number of nitrogen functional groups attached to an aromatic ring is 1. The molecule has 19 heavy (non-hydrogen) atoms. The Morgan fingerprint density at radius 3 is 3.00 bits per heavy atom. The van der Waals surface area contributed by atoms with Gasteiger partial charge in [-0.2, -0.15) is 0 Å². The normalized spacial score (nSPS) is 10.4. The molecule has 0 aliphatic heterocycles. The average molecular weight is 260 g/mol. The van der Waals surface area contributed by atoms with Gasteiger partial charge in [0.15, 0.2) is 0 Å². The smallest absolute Gasteiger partial charge is 0.272 e. The molecule has 0 saturated heterocycles. The van der Waals surface area contributed by atoms with E-state index in [9.17, 15) is 4.79 Å². The third kappa shape index (κ3) is 3.32. The minimum Gasteiger partial charge on any atom is -0.384 e. The van der Waals surface area contributed by atoms with E-state index in [0.717, 1.165) is 0 Å². The van der Waals surface area contributed by atoms with E-state index in [4.69, 9.17) is 10.5 Å². The first kappa shape index (κ1) is 13.1. The van der Waals surface area contributed by atoms with Crippen molar-refractivity contribution in [3.8, 4) is 0 Å². The molecule has 1 amide bonds. The van der Waals surface area contributed by atoms with Crippen molar-refractivity contribution in [1.82, 2.24) is 9.55 Å². The van der Waals surface area contributed by atoms with Crippen molar-refractivity contribution in [2.45, 2.75) is 6.54 Å². The van der Waals surface area contributed by atoms with Gasteiger partial charge in [-0.1, -0.05) is 0 Å². The highest BCUT2D eigenvalue weighted by molar-refractivity contribution is 6.03. The number of nitrogens with two attached hydrogens (primary N) is 1. The number of methoxy groups -OCH3 is 1. The number of aromatic nitrogens is 2. The highest BCUT2D eigenvalue weighted by Crippen LogP contribution is 2.10. The van der Waals surface area contributed by atoms with Gasteiger partial charge in [-0.25, -0.2) is 4.98 Å². The Labute approximate surface area is 111 Å². The lowest BCUT2D eigenvalue weighted by Crippen LogP contribution is -2.18. The zero-order valence-corrected chi connectivity index (χ0v) is 10.7. The minimum atomic E-state index is -0.187. The molecule has 0 aliphatic carbocycles. The molecule has 2 rings (SSSR count). The molecule has 2 aromatic heterocycles. The molecule has 0 bridgehead atoms. The van der Waals surface area contributed by atoms with Crippen LogP contribution < -0.4 is 11.1 Å². The lowest BCUT2D eigenvalue weighted by molar-refractivity contribution is 0.101. The molecule has 6 heteroatoms. The van der Waals surface area contributed by atoms with E-state index in [0.29, 0.717) is 30.4 Å². The zero-order valence-electron chi connectivity index (χ0n) is 10.7. The summed E-state index contributed by atoms with van der Waals surface area (Å²) in [7, 11) is 1.63. The van der Waals surface area contributed by atoms with Gasteiger partial charge >= 0.3 is 0 Å². The number of pyridine rings is 1. The van der Waals surface area contributed by atoms with E-state index < -0.39 is 0 Å². The van der Waals surface area contributed by atoms with Gasteiger partial charge in [-0.15, -0.1) is 0 Å². The molecular weight excluding hydrogens is 244 g/mol. The number of carbonyl (C=O) groups excluding carboxylic acids is 1. The maximum Gasteiger partial charge on any atom is 0.272 e. The van der Waals surface area contributed by atoms with Gasteiger partial charge in [0.2, 0.25) is 0 Å². The van der Waals surface area contributed by atoms with Gasteiger partial charge in [0.1, 0.15) is 11.5 Å². The van der Waals surface area contributed by atoms with Crippen molar-refractivity contribution < 1.29 is 9.53 Å². The predicted molar refractivity (Wildman–Crippen MR) is 72.9 cm³/mol. The Kier molecular flexibility index (Phi) is 4.15. The van der Waals surface area contributed by atoms with Crippen LogP contribution in [-0.4, -0.2) is 29.2 Å². The van der Waals surface area contributed by atoms with Crippen LogP contribution in [0.25, 0.3) is 0 Å². The maximum absolute atomic E-state index is 12.1. The Morgan fingerprint density at radius 2 is 2.32 bits per heavy atom. The fraction of sp³-hybridized carbons (Fsp3) is 0.231. The third-order valence-corrected chi connectivity index (χ3v) is 2.64. The highest BCUT2D eigenvalue weighted by atomic mass is 16.5. The Balaban J connectivity index is 2.07. The largest absolute Gasteiger partial charge is 0.384 e. The van der Waals surface area contributed by atoms with Crippen LogP contribution in [0.3, 0.4) is 0 Å². The Morgan fingerprint density at radius 1 is 1.47 bits per heavy atom. The molecule has 100 valence electrons. The van der Waals surface area contributed by atoms with Gasteiger partial charge < -0.3 is 20.4 Å². The summed E-state index contributed by atoms with van der Waals surface area (Å²) < 4.78 is 6.84. The fourth-order valence-electron chi connectivity index (χ4n) is 1.68. The van der Waals surface area contributed by atoms with Crippen molar-refractivity contribution in [3.05, 3.63) is 42.4 Å². The van der Waals surface area contributed by atoms with E-state index in [1.165, 1.54) is 6.20 Å². The first-order valence-corrected chi connectivity index (χ1v) is 5.87. The molecule has 0 aromatic carbocycles. The van der Waals surface area contributed by atoms with Gasteiger partial charge in [0.05, 0.1) is 18.5 Å². The second-order valence-corrected chi connectivity index (χ2v) is 4.01. The molecule has 0 atom stereocenters. The SMILES string of the molecule is COCCn1cccc1C(=O)Nc1ccc(N)nc1. The van der Waals surface area contributed by atoms with Crippen molar-refractivity contribution in [3.63, 3.8) is 0 Å².